The number of halogens is 1. The number of nitrogens with one attached hydrogen (secondary N) is 1. The molecular weight excluding hydrogens is 312 g/mol. The zero-order chi connectivity index (χ0) is 14.0. The van der Waals surface area contributed by atoms with E-state index < -0.39 is 5.41 Å². The van der Waals surface area contributed by atoms with Crippen molar-refractivity contribution in [3.63, 3.8) is 0 Å². The molecule has 1 aromatic heterocycles. The number of hydrogen-bond donors (Lipinski definition) is 2. The molecule has 1 heterocycles. The fraction of sp³-hybridized carbons (Fsp3) is 0.615. The Morgan fingerprint density at radius 1 is 1.39 bits per heavy atom. The molecular formula is C13H21BrN2OS. The van der Waals surface area contributed by atoms with Crippen molar-refractivity contribution < 1.29 is 4.79 Å². The summed E-state index contributed by atoms with van der Waals surface area (Å²) in [5, 5.41) is 2.99. The van der Waals surface area contributed by atoms with Crippen molar-refractivity contribution >= 4 is 33.2 Å². The van der Waals surface area contributed by atoms with E-state index in [1.807, 2.05) is 19.9 Å². The summed E-state index contributed by atoms with van der Waals surface area (Å²) in [7, 11) is 0. The van der Waals surface area contributed by atoms with Gasteiger partial charge in [-0.25, -0.2) is 0 Å². The molecule has 0 aliphatic rings. The summed E-state index contributed by atoms with van der Waals surface area (Å²) in [4.78, 5) is 13.2. The highest BCUT2D eigenvalue weighted by Crippen LogP contribution is 2.32. The van der Waals surface area contributed by atoms with Gasteiger partial charge < -0.3 is 11.1 Å². The molecule has 0 aromatic carbocycles. The van der Waals surface area contributed by atoms with Gasteiger partial charge in [0.2, 0.25) is 5.91 Å². The van der Waals surface area contributed by atoms with E-state index in [1.165, 1.54) is 4.88 Å². The van der Waals surface area contributed by atoms with Crippen molar-refractivity contribution in [1.29, 1.82) is 0 Å². The van der Waals surface area contributed by atoms with Crippen LogP contribution in [0.25, 0.3) is 0 Å². The van der Waals surface area contributed by atoms with Crippen LogP contribution in [0.4, 0.5) is 0 Å². The number of amides is 1. The predicted molar refractivity (Wildman–Crippen MR) is 80.9 cm³/mol. The molecule has 0 bridgehead atoms. The molecule has 0 saturated carbocycles. The van der Waals surface area contributed by atoms with Gasteiger partial charge in [-0.2, -0.15) is 0 Å². The van der Waals surface area contributed by atoms with E-state index in [9.17, 15) is 4.79 Å². The molecule has 18 heavy (non-hydrogen) atoms. The van der Waals surface area contributed by atoms with Crippen LogP contribution in [0.3, 0.4) is 0 Å². The highest BCUT2D eigenvalue weighted by molar-refractivity contribution is 9.11. The van der Waals surface area contributed by atoms with Crippen LogP contribution in [0.5, 0.6) is 0 Å². The summed E-state index contributed by atoms with van der Waals surface area (Å²) in [6.45, 7) is 8.93. The first-order chi connectivity index (χ1) is 8.19. The smallest absolute Gasteiger partial charge is 0.226 e. The first-order valence-electron chi connectivity index (χ1n) is 5.93. The maximum Gasteiger partial charge on any atom is 0.226 e. The molecule has 1 amide bonds. The fourth-order valence-corrected chi connectivity index (χ4v) is 2.88. The Labute approximate surface area is 121 Å². The van der Waals surface area contributed by atoms with Crippen LogP contribution < -0.4 is 11.1 Å². The molecule has 0 fully saturated rings. The lowest BCUT2D eigenvalue weighted by molar-refractivity contribution is -0.129. The van der Waals surface area contributed by atoms with Gasteiger partial charge in [0.1, 0.15) is 0 Å². The van der Waals surface area contributed by atoms with Gasteiger partial charge in [-0.15, -0.1) is 11.3 Å². The second-order valence-electron chi connectivity index (χ2n) is 5.76. The fourth-order valence-electron chi connectivity index (χ4n) is 1.40. The Kier molecular flexibility index (Phi) is 4.98. The number of rotatable bonds is 5. The Morgan fingerprint density at radius 2 is 2.00 bits per heavy atom. The SMILES string of the molecule is CC(C)(CN)C(=O)NCC(C)(C)c1ccc(Br)s1. The van der Waals surface area contributed by atoms with Gasteiger partial charge in [-0.1, -0.05) is 13.8 Å². The monoisotopic (exact) mass is 332 g/mol. The second-order valence-corrected chi connectivity index (χ2v) is 8.22. The third kappa shape index (κ3) is 3.80. The van der Waals surface area contributed by atoms with Gasteiger partial charge in [0.15, 0.2) is 0 Å². The first-order valence-corrected chi connectivity index (χ1v) is 7.54. The lowest BCUT2D eigenvalue weighted by Gasteiger charge is -2.27. The Bertz CT molecular complexity index is 426. The van der Waals surface area contributed by atoms with Crippen LogP contribution in [0.1, 0.15) is 32.6 Å². The van der Waals surface area contributed by atoms with Crippen molar-refractivity contribution in [3.05, 3.63) is 20.8 Å². The normalized spacial score (nSPS) is 12.6. The minimum absolute atomic E-state index is 0.00805. The zero-order valence-corrected chi connectivity index (χ0v) is 13.7. The third-order valence-corrected chi connectivity index (χ3v) is 5.05. The van der Waals surface area contributed by atoms with Crippen molar-refractivity contribution in [3.8, 4) is 0 Å². The number of nitrogens with two attached hydrogens (primary N) is 1. The van der Waals surface area contributed by atoms with Crippen LogP contribution in [-0.2, 0) is 10.2 Å². The minimum Gasteiger partial charge on any atom is -0.355 e. The Balaban J connectivity index is 2.65. The molecule has 0 aliphatic heterocycles. The van der Waals surface area contributed by atoms with Crippen molar-refractivity contribution in [2.75, 3.05) is 13.1 Å². The average molecular weight is 333 g/mol. The molecule has 102 valence electrons. The summed E-state index contributed by atoms with van der Waals surface area (Å²) in [6, 6.07) is 4.13. The van der Waals surface area contributed by atoms with Crippen LogP contribution in [0, 0.1) is 5.41 Å². The molecule has 1 aromatic rings. The van der Waals surface area contributed by atoms with Crippen molar-refractivity contribution in [1.82, 2.24) is 5.32 Å². The van der Waals surface area contributed by atoms with Crippen LogP contribution in [0.15, 0.2) is 15.9 Å². The molecule has 0 spiro atoms. The van der Waals surface area contributed by atoms with Gasteiger partial charge in [-0.3, -0.25) is 4.79 Å². The zero-order valence-electron chi connectivity index (χ0n) is 11.3. The number of hydrogen-bond acceptors (Lipinski definition) is 3. The molecule has 5 heteroatoms. The van der Waals surface area contributed by atoms with E-state index in [2.05, 4.69) is 41.2 Å². The second kappa shape index (κ2) is 5.72. The van der Waals surface area contributed by atoms with Crippen LogP contribution in [0.2, 0.25) is 0 Å². The highest BCUT2D eigenvalue weighted by Gasteiger charge is 2.29. The van der Waals surface area contributed by atoms with Gasteiger partial charge >= 0.3 is 0 Å². The third-order valence-electron chi connectivity index (χ3n) is 3.06. The standard InChI is InChI=1S/C13H21BrN2OS/c1-12(2,7-15)11(17)16-8-13(3,4)9-5-6-10(14)18-9/h5-6H,7-8,15H2,1-4H3,(H,16,17). The Hall–Kier alpha value is -0.390. The quantitative estimate of drug-likeness (QED) is 0.871. The van der Waals surface area contributed by atoms with E-state index in [0.717, 1.165) is 3.79 Å². The van der Waals surface area contributed by atoms with Crippen molar-refractivity contribution in [2.45, 2.75) is 33.1 Å². The van der Waals surface area contributed by atoms with Crippen LogP contribution >= 0.6 is 27.3 Å². The lowest BCUT2D eigenvalue weighted by atomic mass is 9.89. The van der Waals surface area contributed by atoms with Gasteiger partial charge in [0.25, 0.3) is 0 Å². The lowest BCUT2D eigenvalue weighted by Crippen LogP contribution is -2.45. The number of carbonyl (C=O) groups is 1. The molecule has 1 rings (SSSR count). The number of thiophene rings is 1. The average Bonchev–Trinajstić information content (AvgIpc) is 2.73. The molecule has 0 unspecified atom stereocenters. The van der Waals surface area contributed by atoms with E-state index in [-0.39, 0.29) is 11.3 Å². The van der Waals surface area contributed by atoms with E-state index in [4.69, 9.17) is 5.73 Å². The maximum atomic E-state index is 12.0. The first kappa shape index (κ1) is 15.7. The topological polar surface area (TPSA) is 55.1 Å². The molecule has 0 radical (unpaired) electrons. The van der Waals surface area contributed by atoms with Crippen molar-refractivity contribution in [2.24, 2.45) is 11.1 Å². The maximum absolute atomic E-state index is 12.0. The summed E-state index contributed by atoms with van der Waals surface area (Å²) in [6.07, 6.45) is 0. The Morgan fingerprint density at radius 3 is 2.44 bits per heavy atom. The number of carbonyl (C=O) groups excluding carboxylic acids is 1. The van der Waals surface area contributed by atoms with E-state index in [1.54, 1.807) is 11.3 Å². The molecule has 3 nitrogen and oxygen atoms in total. The van der Waals surface area contributed by atoms with Gasteiger partial charge in [0, 0.05) is 23.4 Å². The molecule has 0 aliphatic carbocycles. The predicted octanol–water partition coefficient (Wildman–Crippen LogP) is 2.89. The summed E-state index contributed by atoms with van der Waals surface area (Å²) in [5.74, 6) is 0.00805. The summed E-state index contributed by atoms with van der Waals surface area (Å²) < 4.78 is 1.11. The summed E-state index contributed by atoms with van der Waals surface area (Å²) >= 11 is 5.16. The van der Waals surface area contributed by atoms with Gasteiger partial charge in [0.05, 0.1) is 9.20 Å². The minimum atomic E-state index is -0.508. The van der Waals surface area contributed by atoms with Gasteiger partial charge in [-0.05, 0) is 41.9 Å². The highest BCUT2D eigenvalue weighted by atomic mass is 79.9. The molecule has 3 N–H and O–H groups in total. The van der Waals surface area contributed by atoms with E-state index in [0.29, 0.717) is 13.1 Å². The van der Waals surface area contributed by atoms with Crippen LogP contribution in [-0.4, -0.2) is 19.0 Å². The van der Waals surface area contributed by atoms with E-state index >= 15 is 0 Å². The molecule has 0 saturated heterocycles. The summed E-state index contributed by atoms with van der Waals surface area (Å²) in [5.41, 5.74) is 5.02. The molecule has 0 atom stereocenters. The largest absolute Gasteiger partial charge is 0.355 e.